The monoisotopic (exact) mass is 213 g/mol. The van der Waals surface area contributed by atoms with Crippen LogP contribution in [0.1, 0.15) is 44.9 Å². The Morgan fingerprint density at radius 1 is 1.33 bits per heavy atom. The van der Waals surface area contributed by atoms with E-state index in [0.29, 0.717) is 12.3 Å². The van der Waals surface area contributed by atoms with Crippen LogP contribution in [0.5, 0.6) is 0 Å². The van der Waals surface area contributed by atoms with E-state index in [1.165, 1.54) is 32.1 Å². The maximum Gasteiger partial charge on any atom is 0.139 e. The number of oxime groups is 1. The molecule has 4 nitrogen and oxygen atoms in total. The van der Waals surface area contributed by atoms with Gasteiger partial charge in [-0.25, -0.2) is 0 Å². The largest absolute Gasteiger partial charge is 0.409 e. The quantitative estimate of drug-likeness (QED) is 0.207. The Balaban J connectivity index is 1.92. The molecule has 1 aliphatic carbocycles. The number of hydrogen-bond donors (Lipinski definition) is 3. The van der Waals surface area contributed by atoms with Crippen molar-refractivity contribution in [2.75, 3.05) is 13.1 Å². The van der Waals surface area contributed by atoms with E-state index >= 15 is 0 Å². The molecule has 0 radical (unpaired) electrons. The molecule has 0 aromatic rings. The summed E-state index contributed by atoms with van der Waals surface area (Å²) in [6.45, 7) is 2.10. The van der Waals surface area contributed by atoms with Gasteiger partial charge in [-0.05, 0) is 38.3 Å². The van der Waals surface area contributed by atoms with Gasteiger partial charge >= 0.3 is 0 Å². The van der Waals surface area contributed by atoms with E-state index in [-0.39, 0.29) is 0 Å². The van der Waals surface area contributed by atoms with Gasteiger partial charge in [-0.1, -0.05) is 24.4 Å². The van der Waals surface area contributed by atoms with Gasteiger partial charge in [0.25, 0.3) is 0 Å². The highest BCUT2D eigenvalue weighted by Gasteiger charge is 2.12. The van der Waals surface area contributed by atoms with Crippen LogP contribution >= 0.6 is 0 Å². The summed E-state index contributed by atoms with van der Waals surface area (Å²) in [6.07, 6.45) is 8.60. The first-order chi connectivity index (χ1) is 7.33. The van der Waals surface area contributed by atoms with Crippen LogP contribution in [-0.4, -0.2) is 24.1 Å². The smallest absolute Gasteiger partial charge is 0.139 e. The minimum Gasteiger partial charge on any atom is -0.409 e. The highest BCUT2D eigenvalue weighted by molar-refractivity contribution is 5.79. The highest BCUT2D eigenvalue weighted by Crippen LogP contribution is 2.22. The normalized spacial score (nSPS) is 19.3. The fourth-order valence-electron chi connectivity index (χ4n) is 2.14. The van der Waals surface area contributed by atoms with Gasteiger partial charge < -0.3 is 16.3 Å². The van der Waals surface area contributed by atoms with Gasteiger partial charge in [0, 0.05) is 6.42 Å². The van der Waals surface area contributed by atoms with Gasteiger partial charge in [0.2, 0.25) is 0 Å². The lowest BCUT2D eigenvalue weighted by molar-refractivity contribution is 0.316. The van der Waals surface area contributed by atoms with Crippen molar-refractivity contribution >= 4 is 5.84 Å². The minimum atomic E-state index is 0.328. The van der Waals surface area contributed by atoms with E-state index in [4.69, 9.17) is 10.9 Å². The van der Waals surface area contributed by atoms with E-state index in [9.17, 15) is 0 Å². The number of hydrogen-bond acceptors (Lipinski definition) is 3. The zero-order valence-corrected chi connectivity index (χ0v) is 9.41. The van der Waals surface area contributed by atoms with E-state index in [0.717, 1.165) is 25.4 Å². The SMILES string of the molecule is NC(CCCNCC1CCCCC1)=NO. The molecular weight excluding hydrogens is 190 g/mol. The molecule has 0 spiro atoms. The average molecular weight is 213 g/mol. The molecule has 0 aromatic carbocycles. The summed E-state index contributed by atoms with van der Waals surface area (Å²) in [4.78, 5) is 0. The Morgan fingerprint density at radius 2 is 2.07 bits per heavy atom. The third-order valence-corrected chi connectivity index (χ3v) is 3.07. The summed E-state index contributed by atoms with van der Waals surface area (Å²) in [5, 5.41) is 14.7. The minimum absolute atomic E-state index is 0.328. The standard InChI is InChI=1S/C11H23N3O/c12-11(14-15)7-4-8-13-9-10-5-2-1-3-6-10/h10,13,15H,1-9H2,(H2,12,14). The van der Waals surface area contributed by atoms with E-state index < -0.39 is 0 Å². The van der Waals surface area contributed by atoms with Crippen molar-refractivity contribution in [3.8, 4) is 0 Å². The van der Waals surface area contributed by atoms with Crippen molar-refractivity contribution in [3.63, 3.8) is 0 Å². The molecule has 0 aliphatic heterocycles. The van der Waals surface area contributed by atoms with Crippen LogP contribution in [0.15, 0.2) is 5.16 Å². The second-order valence-electron chi connectivity index (χ2n) is 4.40. The van der Waals surface area contributed by atoms with Crippen molar-refractivity contribution in [3.05, 3.63) is 0 Å². The Labute approximate surface area is 91.9 Å². The number of nitrogens with one attached hydrogen (secondary N) is 1. The van der Waals surface area contributed by atoms with Crippen LogP contribution < -0.4 is 11.1 Å². The predicted molar refractivity (Wildman–Crippen MR) is 62.1 cm³/mol. The summed E-state index contributed by atoms with van der Waals surface area (Å²) < 4.78 is 0. The summed E-state index contributed by atoms with van der Waals surface area (Å²) >= 11 is 0. The van der Waals surface area contributed by atoms with Crippen LogP contribution in [-0.2, 0) is 0 Å². The summed E-state index contributed by atoms with van der Waals surface area (Å²) in [5.74, 6) is 1.21. The van der Waals surface area contributed by atoms with E-state index in [2.05, 4.69) is 10.5 Å². The van der Waals surface area contributed by atoms with Crippen molar-refractivity contribution < 1.29 is 5.21 Å². The molecule has 4 N–H and O–H groups in total. The Bertz CT molecular complexity index is 188. The Morgan fingerprint density at radius 3 is 2.73 bits per heavy atom. The van der Waals surface area contributed by atoms with Crippen molar-refractivity contribution in [1.29, 1.82) is 0 Å². The number of nitrogens with two attached hydrogens (primary N) is 1. The molecule has 1 rings (SSSR count). The Kier molecular flexibility index (Phi) is 6.16. The van der Waals surface area contributed by atoms with Gasteiger partial charge in [0.05, 0.1) is 0 Å². The zero-order valence-electron chi connectivity index (χ0n) is 9.41. The molecule has 1 aliphatic rings. The Hall–Kier alpha value is -0.770. The van der Waals surface area contributed by atoms with Crippen LogP contribution in [0.2, 0.25) is 0 Å². The van der Waals surface area contributed by atoms with Crippen LogP contribution in [0.25, 0.3) is 0 Å². The maximum absolute atomic E-state index is 8.34. The molecule has 1 saturated carbocycles. The molecule has 15 heavy (non-hydrogen) atoms. The summed E-state index contributed by atoms with van der Waals surface area (Å²) in [5.41, 5.74) is 5.37. The van der Waals surface area contributed by atoms with Gasteiger partial charge in [0.15, 0.2) is 0 Å². The van der Waals surface area contributed by atoms with Gasteiger partial charge in [-0.15, -0.1) is 0 Å². The molecule has 0 heterocycles. The average Bonchev–Trinajstić information content (AvgIpc) is 2.29. The van der Waals surface area contributed by atoms with Crippen LogP contribution in [0.3, 0.4) is 0 Å². The van der Waals surface area contributed by atoms with Gasteiger partial charge in [0.1, 0.15) is 5.84 Å². The van der Waals surface area contributed by atoms with Crippen molar-refractivity contribution in [2.45, 2.75) is 44.9 Å². The van der Waals surface area contributed by atoms with Crippen LogP contribution in [0.4, 0.5) is 0 Å². The lowest BCUT2D eigenvalue weighted by Gasteiger charge is -2.21. The lowest BCUT2D eigenvalue weighted by Crippen LogP contribution is -2.26. The second-order valence-corrected chi connectivity index (χ2v) is 4.40. The topological polar surface area (TPSA) is 70.6 Å². The first-order valence-corrected chi connectivity index (χ1v) is 6.00. The predicted octanol–water partition coefficient (Wildman–Crippen LogP) is 1.68. The molecule has 1 fully saturated rings. The molecule has 0 saturated heterocycles. The van der Waals surface area contributed by atoms with Crippen molar-refractivity contribution in [2.24, 2.45) is 16.8 Å². The number of nitrogens with zero attached hydrogens (tertiary/aromatic N) is 1. The molecule has 0 amide bonds. The van der Waals surface area contributed by atoms with Gasteiger partial charge in [-0.3, -0.25) is 0 Å². The lowest BCUT2D eigenvalue weighted by atomic mass is 9.89. The maximum atomic E-state index is 8.34. The molecule has 0 aromatic heterocycles. The molecule has 88 valence electrons. The molecule has 0 unspecified atom stereocenters. The highest BCUT2D eigenvalue weighted by atomic mass is 16.4. The third-order valence-electron chi connectivity index (χ3n) is 3.07. The first-order valence-electron chi connectivity index (χ1n) is 6.00. The number of rotatable bonds is 6. The van der Waals surface area contributed by atoms with Gasteiger partial charge in [-0.2, -0.15) is 0 Å². The molecule has 0 atom stereocenters. The molecular formula is C11H23N3O. The fraction of sp³-hybridized carbons (Fsp3) is 0.909. The van der Waals surface area contributed by atoms with E-state index in [1.54, 1.807) is 0 Å². The first kappa shape index (κ1) is 12.3. The number of amidine groups is 1. The van der Waals surface area contributed by atoms with E-state index in [1.807, 2.05) is 0 Å². The zero-order chi connectivity index (χ0) is 10.9. The summed E-state index contributed by atoms with van der Waals surface area (Å²) in [6, 6.07) is 0. The fourth-order valence-corrected chi connectivity index (χ4v) is 2.14. The summed E-state index contributed by atoms with van der Waals surface area (Å²) in [7, 11) is 0. The third kappa shape index (κ3) is 5.62. The molecule has 4 heteroatoms. The van der Waals surface area contributed by atoms with Crippen LogP contribution in [0, 0.1) is 5.92 Å². The second kappa shape index (κ2) is 7.51. The van der Waals surface area contributed by atoms with Crippen molar-refractivity contribution in [1.82, 2.24) is 5.32 Å². The molecule has 0 bridgehead atoms.